The number of aryl methyl sites for hydroxylation is 1. The second-order valence-electron chi connectivity index (χ2n) is 6.43. The average Bonchev–Trinajstić information content (AvgIpc) is 2.66. The fourth-order valence-electron chi connectivity index (χ4n) is 3.22. The summed E-state index contributed by atoms with van der Waals surface area (Å²) in [6.07, 6.45) is 2.84. The van der Waals surface area contributed by atoms with Crippen LogP contribution < -0.4 is 5.32 Å². The van der Waals surface area contributed by atoms with Gasteiger partial charge in [0, 0.05) is 19.3 Å². The second-order valence-corrected chi connectivity index (χ2v) is 6.43. The summed E-state index contributed by atoms with van der Waals surface area (Å²) in [6.45, 7) is 3.54. The van der Waals surface area contributed by atoms with Gasteiger partial charge >= 0.3 is 6.03 Å². The van der Waals surface area contributed by atoms with Crippen LogP contribution in [0.4, 0.5) is 4.79 Å². The van der Waals surface area contributed by atoms with Crippen LogP contribution in [0.2, 0.25) is 0 Å². The molecule has 6 nitrogen and oxygen atoms in total. The van der Waals surface area contributed by atoms with E-state index in [0.717, 1.165) is 24.1 Å². The van der Waals surface area contributed by atoms with Crippen LogP contribution in [-0.2, 0) is 6.54 Å². The van der Waals surface area contributed by atoms with E-state index in [2.05, 4.69) is 15.3 Å². The highest BCUT2D eigenvalue weighted by molar-refractivity contribution is 5.74. The van der Waals surface area contributed by atoms with Crippen LogP contribution >= 0.6 is 0 Å². The lowest BCUT2D eigenvalue weighted by Crippen LogP contribution is -2.45. The number of aliphatic hydroxyl groups excluding tert-OH is 1. The Hall–Kier alpha value is -2.47. The Morgan fingerprint density at radius 2 is 2.00 bits per heavy atom. The summed E-state index contributed by atoms with van der Waals surface area (Å²) in [5.41, 5.74) is 1.75. The summed E-state index contributed by atoms with van der Waals surface area (Å²) in [6, 6.07) is 11.5. The summed E-state index contributed by atoms with van der Waals surface area (Å²) in [4.78, 5) is 22.4. The second kappa shape index (κ2) is 8.07. The van der Waals surface area contributed by atoms with E-state index >= 15 is 0 Å². The molecule has 2 heterocycles. The van der Waals surface area contributed by atoms with E-state index in [1.54, 1.807) is 12.3 Å². The molecular formula is C19H24N4O2. The van der Waals surface area contributed by atoms with Crippen molar-refractivity contribution in [3.8, 4) is 0 Å². The SMILES string of the molecule is Cc1nccc(CNC(=O)N2CCC([C@@H](O)c3ccccc3)CC2)n1. The number of aromatic nitrogens is 2. The van der Waals surface area contributed by atoms with Crippen LogP contribution in [0.15, 0.2) is 42.6 Å². The molecule has 1 atom stereocenters. The first-order valence-electron chi connectivity index (χ1n) is 8.68. The Morgan fingerprint density at radius 3 is 2.68 bits per heavy atom. The molecule has 1 aliphatic heterocycles. The van der Waals surface area contributed by atoms with Gasteiger partial charge < -0.3 is 15.3 Å². The van der Waals surface area contributed by atoms with Crippen LogP contribution in [0.3, 0.4) is 0 Å². The molecule has 1 fully saturated rings. The normalized spacial score (nSPS) is 16.5. The van der Waals surface area contributed by atoms with Crippen LogP contribution in [0.25, 0.3) is 0 Å². The maximum Gasteiger partial charge on any atom is 0.317 e. The first-order valence-corrected chi connectivity index (χ1v) is 8.68. The molecule has 6 heteroatoms. The summed E-state index contributed by atoms with van der Waals surface area (Å²) in [5, 5.41) is 13.4. The number of benzene rings is 1. The molecule has 2 amide bonds. The van der Waals surface area contributed by atoms with Crippen molar-refractivity contribution in [1.82, 2.24) is 20.2 Å². The van der Waals surface area contributed by atoms with Gasteiger partial charge in [0.05, 0.1) is 18.3 Å². The highest BCUT2D eigenvalue weighted by Crippen LogP contribution is 2.30. The minimum Gasteiger partial charge on any atom is -0.388 e. The monoisotopic (exact) mass is 340 g/mol. The Balaban J connectivity index is 1.47. The highest BCUT2D eigenvalue weighted by atomic mass is 16.3. The van der Waals surface area contributed by atoms with E-state index in [9.17, 15) is 9.90 Å². The molecule has 2 N–H and O–H groups in total. The number of nitrogens with zero attached hydrogens (tertiary/aromatic N) is 3. The first kappa shape index (κ1) is 17.4. The lowest BCUT2D eigenvalue weighted by molar-refractivity contribution is 0.0665. The highest BCUT2D eigenvalue weighted by Gasteiger charge is 2.28. The van der Waals surface area contributed by atoms with Gasteiger partial charge in [-0.15, -0.1) is 0 Å². The van der Waals surface area contributed by atoms with E-state index in [4.69, 9.17) is 0 Å². The molecule has 132 valence electrons. The number of hydrogen-bond donors (Lipinski definition) is 2. The van der Waals surface area contributed by atoms with Crippen molar-refractivity contribution in [2.45, 2.75) is 32.4 Å². The summed E-state index contributed by atoms with van der Waals surface area (Å²) in [5.74, 6) is 0.887. The van der Waals surface area contributed by atoms with Gasteiger partial charge in [0.25, 0.3) is 0 Å². The molecular weight excluding hydrogens is 316 g/mol. The van der Waals surface area contributed by atoms with Gasteiger partial charge in [-0.1, -0.05) is 30.3 Å². The molecule has 1 saturated heterocycles. The minimum absolute atomic E-state index is 0.0797. The minimum atomic E-state index is -0.463. The number of carbonyl (C=O) groups is 1. The first-order chi connectivity index (χ1) is 12.1. The number of hydrogen-bond acceptors (Lipinski definition) is 4. The maximum atomic E-state index is 12.3. The van der Waals surface area contributed by atoms with Crippen molar-refractivity contribution in [2.75, 3.05) is 13.1 Å². The lowest BCUT2D eigenvalue weighted by atomic mass is 9.87. The summed E-state index contributed by atoms with van der Waals surface area (Å²) in [7, 11) is 0. The van der Waals surface area contributed by atoms with Crippen molar-refractivity contribution in [1.29, 1.82) is 0 Å². The molecule has 1 aromatic heterocycles. The van der Waals surface area contributed by atoms with Crippen LogP contribution in [0.5, 0.6) is 0 Å². The predicted molar refractivity (Wildman–Crippen MR) is 94.7 cm³/mol. The molecule has 0 aliphatic carbocycles. The molecule has 0 unspecified atom stereocenters. The number of nitrogens with one attached hydrogen (secondary N) is 1. The van der Waals surface area contributed by atoms with Gasteiger partial charge in [-0.25, -0.2) is 14.8 Å². The third-order valence-corrected chi connectivity index (χ3v) is 4.67. The fraction of sp³-hybridized carbons (Fsp3) is 0.421. The van der Waals surface area contributed by atoms with E-state index in [1.165, 1.54) is 0 Å². The number of rotatable bonds is 4. The zero-order valence-corrected chi connectivity index (χ0v) is 14.4. The topological polar surface area (TPSA) is 78.4 Å². The molecule has 3 rings (SSSR count). The van der Waals surface area contributed by atoms with E-state index in [-0.39, 0.29) is 11.9 Å². The largest absolute Gasteiger partial charge is 0.388 e. The quantitative estimate of drug-likeness (QED) is 0.896. The molecule has 2 aromatic rings. The van der Waals surface area contributed by atoms with Crippen molar-refractivity contribution < 1.29 is 9.90 Å². The Bertz CT molecular complexity index is 700. The van der Waals surface area contributed by atoms with Gasteiger partial charge in [-0.2, -0.15) is 0 Å². The molecule has 25 heavy (non-hydrogen) atoms. The van der Waals surface area contributed by atoms with Crippen molar-refractivity contribution in [3.63, 3.8) is 0 Å². The fourth-order valence-corrected chi connectivity index (χ4v) is 3.22. The third kappa shape index (κ3) is 4.54. The molecule has 0 radical (unpaired) electrons. The van der Waals surface area contributed by atoms with Gasteiger partial charge in [0.2, 0.25) is 0 Å². The maximum absolute atomic E-state index is 12.3. The number of likely N-dealkylation sites (tertiary alicyclic amines) is 1. The molecule has 0 saturated carbocycles. The van der Waals surface area contributed by atoms with Crippen LogP contribution in [0, 0.1) is 12.8 Å². The standard InChI is InChI=1S/C19H24N4O2/c1-14-20-10-7-17(22-14)13-21-19(25)23-11-8-16(9-12-23)18(24)15-5-3-2-4-6-15/h2-7,10,16,18,24H,8-9,11-13H2,1H3,(H,21,25)/t18-/m0/s1. The van der Waals surface area contributed by atoms with Crippen LogP contribution in [-0.4, -0.2) is 39.1 Å². The van der Waals surface area contributed by atoms with E-state index in [1.807, 2.05) is 42.2 Å². The smallest absolute Gasteiger partial charge is 0.317 e. The lowest BCUT2D eigenvalue weighted by Gasteiger charge is -2.34. The van der Waals surface area contributed by atoms with E-state index < -0.39 is 6.10 Å². The molecule has 1 aromatic carbocycles. The number of urea groups is 1. The van der Waals surface area contributed by atoms with Gasteiger partial charge in [-0.3, -0.25) is 0 Å². The number of aliphatic hydroxyl groups is 1. The number of carbonyl (C=O) groups excluding carboxylic acids is 1. The summed E-state index contributed by atoms with van der Waals surface area (Å²) < 4.78 is 0. The summed E-state index contributed by atoms with van der Waals surface area (Å²) >= 11 is 0. The van der Waals surface area contributed by atoms with Crippen molar-refractivity contribution in [2.24, 2.45) is 5.92 Å². The van der Waals surface area contributed by atoms with Gasteiger partial charge in [0.15, 0.2) is 0 Å². The zero-order valence-electron chi connectivity index (χ0n) is 14.4. The van der Waals surface area contributed by atoms with E-state index in [0.29, 0.717) is 25.5 Å². The van der Waals surface area contributed by atoms with Gasteiger partial charge in [-0.05, 0) is 37.3 Å². The Morgan fingerprint density at radius 1 is 1.28 bits per heavy atom. The molecule has 0 bridgehead atoms. The van der Waals surface area contributed by atoms with Crippen molar-refractivity contribution >= 4 is 6.03 Å². The van der Waals surface area contributed by atoms with Gasteiger partial charge in [0.1, 0.15) is 5.82 Å². The number of amides is 2. The van der Waals surface area contributed by atoms with Crippen molar-refractivity contribution in [3.05, 3.63) is 59.7 Å². The molecule has 0 spiro atoms. The average molecular weight is 340 g/mol. The van der Waals surface area contributed by atoms with Crippen LogP contribution in [0.1, 0.15) is 36.0 Å². The molecule has 1 aliphatic rings. The zero-order chi connectivity index (χ0) is 17.6. The third-order valence-electron chi connectivity index (χ3n) is 4.67. The predicted octanol–water partition coefficient (Wildman–Crippen LogP) is 2.44. The number of piperidine rings is 1. The Kier molecular flexibility index (Phi) is 5.60. The Labute approximate surface area is 147 Å².